The van der Waals surface area contributed by atoms with Crippen LogP contribution in [0.1, 0.15) is 22.3 Å². The number of sulfonamides is 1. The number of carboxylic acid groups (broad SMARTS) is 1. The van der Waals surface area contributed by atoms with Gasteiger partial charge in [0.05, 0.1) is 17.1 Å². The van der Waals surface area contributed by atoms with Gasteiger partial charge in [-0.3, -0.25) is 0 Å². The van der Waals surface area contributed by atoms with Crippen molar-refractivity contribution < 1.29 is 23.1 Å². The Labute approximate surface area is 118 Å². The fraction of sp³-hybridized carbons (Fsp3) is 0.462. The molecule has 0 atom stereocenters. The van der Waals surface area contributed by atoms with Gasteiger partial charge in [-0.05, 0) is 31.0 Å². The van der Waals surface area contributed by atoms with E-state index in [1.165, 1.54) is 22.5 Å². The summed E-state index contributed by atoms with van der Waals surface area (Å²) in [4.78, 5) is 11.0. The van der Waals surface area contributed by atoms with E-state index >= 15 is 0 Å². The minimum Gasteiger partial charge on any atom is -0.478 e. The molecule has 110 valence electrons. The number of rotatable bonds is 3. The summed E-state index contributed by atoms with van der Waals surface area (Å²) in [5.41, 5.74) is 0.514. The lowest BCUT2D eigenvalue weighted by Gasteiger charge is -2.20. The summed E-state index contributed by atoms with van der Waals surface area (Å²) in [6, 6.07) is 4.14. The van der Waals surface area contributed by atoms with Gasteiger partial charge in [0.2, 0.25) is 10.0 Å². The normalized spacial score (nSPS) is 17.6. The predicted molar refractivity (Wildman–Crippen MR) is 72.3 cm³/mol. The molecule has 0 amide bonds. The summed E-state index contributed by atoms with van der Waals surface area (Å²) < 4.78 is 31.8. The Bertz CT molecular complexity index is 603. The van der Waals surface area contributed by atoms with Crippen molar-refractivity contribution >= 4 is 16.0 Å². The van der Waals surface area contributed by atoms with Gasteiger partial charge in [0.15, 0.2) is 0 Å². The van der Waals surface area contributed by atoms with Gasteiger partial charge in [0, 0.05) is 19.7 Å². The summed E-state index contributed by atoms with van der Waals surface area (Å²) in [7, 11) is -3.68. The highest BCUT2D eigenvalue weighted by Crippen LogP contribution is 2.22. The van der Waals surface area contributed by atoms with E-state index in [9.17, 15) is 13.2 Å². The molecule has 1 fully saturated rings. The van der Waals surface area contributed by atoms with E-state index in [4.69, 9.17) is 9.84 Å². The molecule has 1 aliphatic heterocycles. The number of nitrogens with zero attached hydrogens (tertiary/aromatic N) is 1. The molecule has 1 N–H and O–H groups in total. The van der Waals surface area contributed by atoms with Crippen LogP contribution in [0.25, 0.3) is 0 Å². The van der Waals surface area contributed by atoms with Gasteiger partial charge < -0.3 is 9.84 Å². The Hall–Kier alpha value is -1.44. The second kappa shape index (κ2) is 5.90. The largest absolute Gasteiger partial charge is 0.478 e. The molecule has 20 heavy (non-hydrogen) atoms. The molecule has 7 heteroatoms. The maximum absolute atomic E-state index is 12.6. The van der Waals surface area contributed by atoms with Crippen LogP contribution in [-0.2, 0) is 14.8 Å². The smallest absolute Gasteiger partial charge is 0.335 e. The lowest BCUT2D eigenvalue weighted by atomic mass is 10.1. The zero-order valence-corrected chi connectivity index (χ0v) is 12.0. The zero-order valence-electron chi connectivity index (χ0n) is 11.2. The molecule has 0 saturated carbocycles. The molecular formula is C13H17NO5S. The fourth-order valence-electron chi connectivity index (χ4n) is 2.11. The summed E-state index contributed by atoms with van der Waals surface area (Å²) in [6.07, 6.45) is 0.636. The van der Waals surface area contributed by atoms with Gasteiger partial charge in [0.1, 0.15) is 0 Å². The molecule has 1 aromatic carbocycles. The number of benzene rings is 1. The van der Waals surface area contributed by atoms with E-state index in [1.54, 1.807) is 6.92 Å². The number of hydrogen-bond acceptors (Lipinski definition) is 4. The van der Waals surface area contributed by atoms with E-state index in [2.05, 4.69) is 0 Å². The first-order chi connectivity index (χ1) is 9.43. The van der Waals surface area contributed by atoms with Crippen molar-refractivity contribution in [2.45, 2.75) is 18.2 Å². The second-order valence-corrected chi connectivity index (χ2v) is 6.56. The van der Waals surface area contributed by atoms with Crippen LogP contribution < -0.4 is 0 Å². The minimum atomic E-state index is -3.68. The quantitative estimate of drug-likeness (QED) is 0.903. The van der Waals surface area contributed by atoms with E-state index in [0.717, 1.165) is 0 Å². The van der Waals surface area contributed by atoms with Gasteiger partial charge >= 0.3 is 5.97 Å². The first kappa shape index (κ1) is 15.0. The van der Waals surface area contributed by atoms with Crippen molar-refractivity contribution in [2.24, 2.45) is 0 Å². The number of aryl methyl sites for hydroxylation is 1. The molecule has 0 unspecified atom stereocenters. The number of hydrogen-bond donors (Lipinski definition) is 1. The summed E-state index contributed by atoms with van der Waals surface area (Å²) >= 11 is 0. The van der Waals surface area contributed by atoms with Gasteiger partial charge in [0.25, 0.3) is 0 Å². The molecular weight excluding hydrogens is 282 g/mol. The van der Waals surface area contributed by atoms with E-state index in [-0.39, 0.29) is 10.5 Å². The van der Waals surface area contributed by atoms with Crippen molar-refractivity contribution in [3.8, 4) is 0 Å². The fourth-order valence-corrected chi connectivity index (χ4v) is 3.83. The van der Waals surface area contributed by atoms with Crippen LogP contribution in [0.2, 0.25) is 0 Å². The first-order valence-corrected chi connectivity index (χ1v) is 7.79. The Morgan fingerprint density at radius 2 is 2.05 bits per heavy atom. The predicted octanol–water partition coefficient (Wildman–Crippen LogP) is 1.10. The average Bonchev–Trinajstić information content (AvgIpc) is 2.68. The van der Waals surface area contributed by atoms with Crippen molar-refractivity contribution in [1.82, 2.24) is 4.31 Å². The maximum Gasteiger partial charge on any atom is 0.335 e. The first-order valence-electron chi connectivity index (χ1n) is 6.35. The molecule has 0 aliphatic carbocycles. The van der Waals surface area contributed by atoms with Gasteiger partial charge in [-0.25, -0.2) is 13.2 Å². The lowest BCUT2D eigenvalue weighted by Crippen LogP contribution is -2.33. The summed E-state index contributed by atoms with van der Waals surface area (Å²) in [5, 5.41) is 8.99. The highest BCUT2D eigenvalue weighted by Gasteiger charge is 2.27. The molecule has 0 spiro atoms. The number of aromatic carboxylic acids is 1. The topological polar surface area (TPSA) is 83.9 Å². The second-order valence-electron chi connectivity index (χ2n) is 4.66. The van der Waals surface area contributed by atoms with Crippen LogP contribution in [0.5, 0.6) is 0 Å². The Morgan fingerprint density at radius 1 is 1.30 bits per heavy atom. The van der Waals surface area contributed by atoms with Crippen LogP contribution in [0, 0.1) is 6.92 Å². The minimum absolute atomic E-state index is 0.0275. The van der Waals surface area contributed by atoms with E-state index in [1.807, 2.05) is 0 Å². The van der Waals surface area contributed by atoms with Gasteiger partial charge in [-0.2, -0.15) is 4.31 Å². The number of ether oxygens (including phenoxy) is 1. The molecule has 1 heterocycles. The van der Waals surface area contributed by atoms with Gasteiger partial charge in [-0.1, -0.05) is 6.07 Å². The van der Waals surface area contributed by atoms with Crippen molar-refractivity contribution in [2.75, 3.05) is 26.3 Å². The third kappa shape index (κ3) is 3.00. The van der Waals surface area contributed by atoms with Crippen molar-refractivity contribution in [1.29, 1.82) is 0 Å². The van der Waals surface area contributed by atoms with Crippen LogP contribution in [0.4, 0.5) is 0 Å². The van der Waals surface area contributed by atoms with Crippen LogP contribution in [-0.4, -0.2) is 50.1 Å². The number of carbonyl (C=O) groups is 1. The summed E-state index contributed by atoms with van der Waals surface area (Å²) in [6.45, 7) is 3.24. The standard InChI is InChI=1S/C13H17NO5S/c1-10-3-4-11(13(15)16)9-12(10)20(17,18)14-5-2-7-19-8-6-14/h3-4,9H,2,5-8H2,1H3,(H,15,16). The van der Waals surface area contributed by atoms with E-state index < -0.39 is 16.0 Å². The van der Waals surface area contributed by atoms with Crippen molar-refractivity contribution in [3.05, 3.63) is 29.3 Å². The third-order valence-corrected chi connectivity index (χ3v) is 5.27. The molecule has 2 rings (SSSR count). The highest BCUT2D eigenvalue weighted by molar-refractivity contribution is 7.89. The Kier molecular flexibility index (Phi) is 4.42. The molecule has 1 saturated heterocycles. The van der Waals surface area contributed by atoms with Crippen LogP contribution >= 0.6 is 0 Å². The lowest BCUT2D eigenvalue weighted by molar-refractivity contribution is 0.0696. The summed E-state index contributed by atoms with van der Waals surface area (Å²) in [5.74, 6) is -1.14. The van der Waals surface area contributed by atoms with Crippen LogP contribution in [0.15, 0.2) is 23.1 Å². The monoisotopic (exact) mass is 299 g/mol. The number of carboxylic acids is 1. The highest BCUT2D eigenvalue weighted by atomic mass is 32.2. The zero-order chi connectivity index (χ0) is 14.8. The molecule has 0 radical (unpaired) electrons. The SMILES string of the molecule is Cc1ccc(C(=O)O)cc1S(=O)(=O)N1CCCOCC1. The Morgan fingerprint density at radius 3 is 2.75 bits per heavy atom. The Balaban J connectivity index is 2.42. The van der Waals surface area contributed by atoms with Crippen molar-refractivity contribution in [3.63, 3.8) is 0 Å². The molecule has 1 aliphatic rings. The van der Waals surface area contributed by atoms with Crippen LogP contribution in [0.3, 0.4) is 0 Å². The molecule has 0 bridgehead atoms. The maximum atomic E-state index is 12.6. The van der Waals surface area contributed by atoms with E-state index in [0.29, 0.717) is 38.3 Å². The molecule has 1 aromatic rings. The third-order valence-electron chi connectivity index (χ3n) is 3.23. The molecule has 6 nitrogen and oxygen atoms in total. The van der Waals surface area contributed by atoms with Gasteiger partial charge in [-0.15, -0.1) is 0 Å². The molecule has 0 aromatic heterocycles. The average molecular weight is 299 g/mol.